The summed E-state index contributed by atoms with van der Waals surface area (Å²) in [7, 11) is 1.62. The van der Waals surface area contributed by atoms with Gasteiger partial charge in [-0.15, -0.1) is 11.8 Å². The van der Waals surface area contributed by atoms with Crippen LogP contribution in [0.4, 0.5) is 5.69 Å². The van der Waals surface area contributed by atoms with E-state index in [2.05, 4.69) is 47.7 Å². The molecule has 0 fully saturated rings. The molecule has 1 amide bonds. The molecule has 0 radical (unpaired) electrons. The maximum absolute atomic E-state index is 12.2. The molecule has 4 nitrogen and oxygen atoms in total. The van der Waals surface area contributed by atoms with Crippen molar-refractivity contribution in [2.45, 2.75) is 18.4 Å². The van der Waals surface area contributed by atoms with Crippen LogP contribution in [0.15, 0.2) is 53.4 Å². The molecule has 0 saturated heterocycles. The van der Waals surface area contributed by atoms with Crippen LogP contribution in [0, 0.1) is 0 Å². The second-order valence-corrected chi connectivity index (χ2v) is 6.31. The molecule has 0 bridgehead atoms. The first kappa shape index (κ1) is 18.4. The van der Waals surface area contributed by atoms with Gasteiger partial charge in [-0.1, -0.05) is 19.1 Å². The molecular weight excluding hydrogens is 320 g/mol. The Morgan fingerprint density at radius 3 is 2.33 bits per heavy atom. The Labute approximate surface area is 148 Å². The molecule has 0 aliphatic rings. The number of carbonyl (C=O) groups is 1. The van der Waals surface area contributed by atoms with E-state index in [0.29, 0.717) is 6.54 Å². The van der Waals surface area contributed by atoms with E-state index in [1.807, 2.05) is 24.3 Å². The molecule has 0 atom stereocenters. The smallest absolute Gasteiger partial charge is 0.238 e. The van der Waals surface area contributed by atoms with Gasteiger partial charge >= 0.3 is 0 Å². The molecule has 1 N–H and O–H groups in total. The number of nitrogens with one attached hydrogen (secondary N) is 1. The number of nitrogens with zero attached hydrogens (tertiary/aromatic N) is 1. The van der Waals surface area contributed by atoms with E-state index in [1.165, 1.54) is 10.5 Å². The Kier molecular flexibility index (Phi) is 7.15. The Balaban J connectivity index is 1.89. The third kappa shape index (κ3) is 5.58. The van der Waals surface area contributed by atoms with Crippen molar-refractivity contribution in [2.24, 2.45) is 0 Å². The number of hydrogen-bond donors (Lipinski definition) is 1. The van der Waals surface area contributed by atoms with Crippen LogP contribution in [0.5, 0.6) is 5.75 Å². The van der Waals surface area contributed by atoms with E-state index >= 15 is 0 Å². The summed E-state index contributed by atoms with van der Waals surface area (Å²) in [6.07, 6.45) is 2.07. The predicted molar refractivity (Wildman–Crippen MR) is 101 cm³/mol. The van der Waals surface area contributed by atoms with E-state index in [1.54, 1.807) is 18.9 Å². The van der Waals surface area contributed by atoms with E-state index < -0.39 is 0 Å². The van der Waals surface area contributed by atoms with Gasteiger partial charge in [0.05, 0.1) is 13.7 Å². The first-order chi connectivity index (χ1) is 11.6. The van der Waals surface area contributed by atoms with Gasteiger partial charge in [0.25, 0.3) is 0 Å². The number of benzene rings is 2. The lowest BCUT2D eigenvalue weighted by Gasteiger charge is -2.20. The largest absolute Gasteiger partial charge is 0.497 e. The van der Waals surface area contributed by atoms with Gasteiger partial charge in [-0.3, -0.25) is 9.69 Å². The van der Waals surface area contributed by atoms with Gasteiger partial charge < -0.3 is 10.1 Å². The molecule has 0 aromatic heterocycles. The van der Waals surface area contributed by atoms with Gasteiger partial charge in [-0.2, -0.15) is 0 Å². The van der Waals surface area contributed by atoms with Crippen molar-refractivity contribution in [1.82, 2.24) is 4.90 Å². The van der Waals surface area contributed by atoms with Crippen LogP contribution in [-0.2, 0) is 11.3 Å². The summed E-state index contributed by atoms with van der Waals surface area (Å²) < 4.78 is 5.12. The van der Waals surface area contributed by atoms with Crippen LogP contribution >= 0.6 is 11.8 Å². The number of likely N-dealkylation sites (N-methyl/N-ethyl adjacent to an activating group) is 1. The fourth-order valence-electron chi connectivity index (χ4n) is 2.35. The molecule has 0 unspecified atom stereocenters. The molecule has 0 heterocycles. The topological polar surface area (TPSA) is 41.6 Å². The monoisotopic (exact) mass is 344 g/mol. The average molecular weight is 344 g/mol. The number of anilines is 1. The SMILES string of the molecule is CCN(CC(=O)Nc1ccc(OC)cc1)Cc1ccc(SC)cc1. The van der Waals surface area contributed by atoms with Crippen LogP contribution in [0.25, 0.3) is 0 Å². The Bertz CT molecular complexity index is 641. The Hall–Kier alpha value is -1.98. The van der Waals surface area contributed by atoms with Crippen LogP contribution in [0.2, 0.25) is 0 Å². The highest BCUT2D eigenvalue weighted by molar-refractivity contribution is 7.98. The molecule has 2 aromatic carbocycles. The van der Waals surface area contributed by atoms with Crippen molar-refractivity contribution in [1.29, 1.82) is 0 Å². The minimum absolute atomic E-state index is 0.0113. The molecule has 2 aromatic rings. The van der Waals surface area contributed by atoms with Crippen LogP contribution in [-0.4, -0.2) is 37.3 Å². The average Bonchev–Trinajstić information content (AvgIpc) is 2.62. The molecule has 0 aliphatic carbocycles. The van der Waals surface area contributed by atoms with Crippen molar-refractivity contribution >= 4 is 23.4 Å². The summed E-state index contributed by atoms with van der Waals surface area (Å²) in [5.74, 6) is 0.764. The standard InChI is InChI=1S/C19H24N2O2S/c1-4-21(13-15-5-11-18(24-3)12-6-15)14-19(22)20-16-7-9-17(23-2)10-8-16/h5-12H,4,13-14H2,1-3H3,(H,20,22). The molecule has 0 saturated carbocycles. The zero-order valence-electron chi connectivity index (χ0n) is 14.4. The number of methoxy groups -OCH3 is 1. The quantitative estimate of drug-likeness (QED) is 0.738. The molecule has 0 aliphatic heterocycles. The summed E-state index contributed by atoms with van der Waals surface area (Å²) in [5.41, 5.74) is 1.99. The lowest BCUT2D eigenvalue weighted by molar-refractivity contribution is -0.117. The third-order valence-electron chi connectivity index (χ3n) is 3.75. The summed E-state index contributed by atoms with van der Waals surface area (Å²) in [4.78, 5) is 15.6. The lowest BCUT2D eigenvalue weighted by atomic mass is 10.2. The van der Waals surface area contributed by atoms with Gasteiger partial charge in [0.15, 0.2) is 0 Å². The van der Waals surface area contributed by atoms with Crippen molar-refractivity contribution in [2.75, 3.05) is 31.8 Å². The highest BCUT2D eigenvalue weighted by atomic mass is 32.2. The number of thioether (sulfide) groups is 1. The molecular formula is C19H24N2O2S. The molecule has 5 heteroatoms. The number of carbonyl (C=O) groups excluding carboxylic acids is 1. The van der Waals surface area contributed by atoms with Gasteiger partial charge in [-0.25, -0.2) is 0 Å². The van der Waals surface area contributed by atoms with Crippen molar-refractivity contribution in [3.8, 4) is 5.75 Å². The first-order valence-electron chi connectivity index (χ1n) is 7.93. The summed E-state index contributed by atoms with van der Waals surface area (Å²) in [5, 5.41) is 2.92. The predicted octanol–water partition coefficient (Wildman–Crippen LogP) is 3.88. The van der Waals surface area contributed by atoms with E-state index in [0.717, 1.165) is 24.5 Å². The summed E-state index contributed by atoms with van der Waals surface area (Å²) >= 11 is 1.73. The van der Waals surface area contributed by atoms with Crippen LogP contribution in [0.3, 0.4) is 0 Å². The second kappa shape index (κ2) is 9.35. The van der Waals surface area contributed by atoms with Crippen LogP contribution < -0.4 is 10.1 Å². The molecule has 2 rings (SSSR count). The highest BCUT2D eigenvalue weighted by Gasteiger charge is 2.10. The number of ether oxygens (including phenoxy) is 1. The maximum atomic E-state index is 12.2. The van der Waals surface area contributed by atoms with Crippen molar-refractivity contribution in [3.05, 3.63) is 54.1 Å². The number of amides is 1. The summed E-state index contributed by atoms with van der Waals surface area (Å²) in [6.45, 7) is 4.02. The molecule has 24 heavy (non-hydrogen) atoms. The van der Waals surface area contributed by atoms with Crippen molar-refractivity contribution in [3.63, 3.8) is 0 Å². The van der Waals surface area contributed by atoms with Crippen molar-refractivity contribution < 1.29 is 9.53 Å². The van der Waals surface area contributed by atoms with Gasteiger partial charge in [0, 0.05) is 17.1 Å². The number of rotatable bonds is 8. The van der Waals surface area contributed by atoms with E-state index in [9.17, 15) is 4.79 Å². The summed E-state index contributed by atoms with van der Waals surface area (Å²) in [6, 6.07) is 15.8. The number of hydrogen-bond acceptors (Lipinski definition) is 4. The normalized spacial score (nSPS) is 10.7. The van der Waals surface area contributed by atoms with Gasteiger partial charge in [-0.05, 0) is 54.8 Å². The lowest BCUT2D eigenvalue weighted by Crippen LogP contribution is -2.32. The van der Waals surface area contributed by atoms with Crippen LogP contribution in [0.1, 0.15) is 12.5 Å². The van der Waals surface area contributed by atoms with E-state index in [4.69, 9.17) is 4.74 Å². The fraction of sp³-hybridized carbons (Fsp3) is 0.316. The minimum atomic E-state index is -0.0113. The molecule has 0 spiro atoms. The maximum Gasteiger partial charge on any atom is 0.238 e. The fourth-order valence-corrected chi connectivity index (χ4v) is 2.75. The Morgan fingerprint density at radius 1 is 1.12 bits per heavy atom. The Morgan fingerprint density at radius 2 is 1.79 bits per heavy atom. The zero-order valence-corrected chi connectivity index (χ0v) is 15.2. The van der Waals surface area contributed by atoms with Gasteiger partial charge in [0.2, 0.25) is 5.91 Å². The minimum Gasteiger partial charge on any atom is -0.497 e. The zero-order chi connectivity index (χ0) is 17.4. The molecule has 128 valence electrons. The third-order valence-corrected chi connectivity index (χ3v) is 4.50. The highest BCUT2D eigenvalue weighted by Crippen LogP contribution is 2.17. The van der Waals surface area contributed by atoms with Gasteiger partial charge in [0.1, 0.15) is 5.75 Å². The van der Waals surface area contributed by atoms with E-state index in [-0.39, 0.29) is 5.91 Å². The first-order valence-corrected chi connectivity index (χ1v) is 9.16. The second-order valence-electron chi connectivity index (χ2n) is 5.43.